The average molecular weight is 502 g/mol. The zero-order valence-corrected chi connectivity index (χ0v) is 19.4. The molecule has 188 valence electrons. The number of aliphatic imine (C=N–C) groups is 1. The molecule has 1 N–H and O–H groups in total. The van der Waals surface area contributed by atoms with Gasteiger partial charge in [0.1, 0.15) is 17.4 Å². The minimum Gasteiger partial charge on any atom is -0.406 e. The summed E-state index contributed by atoms with van der Waals surface area (Å²) in [6, 6.07) is 15.2. The number of benzene rings is 3. The predicted molar refractivity (Wildman–Crippen MR) is 126 cm³/mol. The molecule has 2 atom stereocenters. The van der Waals surface area contributed by atoms with E-state index in [1.165, 1.54) is 30.3 Å². The lowest BCUT2D eigenvalue weighted by Gasteiger charge is -2.20. The van der Waals surface area contributed by atoms with Gasteiger partial charge in [-0.15, -0.1) is 13.2 Å². The van der Waals surface area contributed by atoms with Crippen molar-refractivity contribution >= 4 is 11.6 Å². The summed E-state index contributed by atoms with van der Waals surface area (Å²) in [6.07, 6.45) is -4.70. The standard InChI is InChI=1S/C27H23F5N2O2/c1-15(2)33-26(35)20-14-23(24-21(28)4-3-5-22(24)29)34-25(20)18-8-6-16(7-9-18)17-10-12-19(13-11-17)36-27(30,31)32/h3-13,15,20,25H,14H2,1-2H3,(H,33,35)/t20-,25?/m0/s1. The van der Waals surface area contributed by atoms with E-state index in [9.17, 15) is 26.7 Å². The first-order valence-electron chi connectivity index (χ1n) is 11.3. The van der Waals surface area contributed by atoms with Crippen LogP contribution in [-0.2, 0) is 4.79 Å². The molecule has 1 aliphatic rings. The molecule has 1 aliphatic heterocycles. The second kappa shape index (κ2) is 10.1. The first-order chi connectivity index (χ1) is 17.0. The van der Waals surface area contributed by atoms with E-state index in [-0.39, 0.29) is 35.4 Å². The minimum absolute atomic E-state index is 0.0729. The summed E-state index contributed by atoms with van der Waals surface area (Å²) in [7, 11) is 0. The maximum absolute atomic E-state index is 14.4. The van der Waals surface area contributed by atoms with Crippen molar-refractivity contribution in [3.05, 3.63) is 89.5 Å². The van der Waals surface area contributed by atoms with Crippen LogP contribution in [0.2, 0.25) is 0 Å². The van der Waals surface area contributed by atoms with Crippen molar-refractivity contribution in [2.75, 3.05) is 0 Å². The second-order valence-corrected chi connectivity index (χ2v) is 8.79. The lowest BCUT2D eigenvalue weighted by atomic mass is 9.89. The quantitative estimate of drug-likeness (QED) is 0.386. The number of amides is 1. The number of carbonyl (C=O) groups excluding carboxylic acids is 1. The number of ether oxygens (including phenoxy) is 1. The lowest BCUT2D eigenvalue weighted by molar-refractivity contribution is -0.274. The smallest absolute Gasteiger partial charge is 0.406 e. The third-order valence-electron chi connectivity index (χ3n) is 5.78. The van der Waals surface area contributed by atoms with Gasteiger partial charge in [-0.25, -0.2) is 8.78 Å². The molecule has 0 aromatic heterocycles. The first-order valence-corrected chi connectivity index (χ1v) is 11.3. The molecule has 36 heavy (non-hydrogen) atoms. The molecule has 1 amide bonds. The molecule has 0 fully saturated rings. The molecule has 3 aromatic rings. The zero-order valence-electron chi connectivity index (χ0n) is 19.4. The Bertz CT molecular complexity index is 1250. The number of nitrogens with one attached hydrogen (secondary N) is 1. The molecule has 0 saturated carbocycles. The van der Waals surface area contributed by atoms with Crippen LogP contribution in [0.3, 0.4) is 0 Å². The number of hydrogen-bond donors (Lipinski definition) is 1. The Hall–Kier alpha value is -3.75. The Morgan fingerprint density at radius 2 is 1.50 bits per heavy atom. The van der Waals surface area contributed by atoms with Gasteiger partial charge in [-0.3, -0.25) is 9.79 Å². The molecular formula is C27H23F5N2O2. The van der Waals surface area contributed by atoms with E-state index in [0.29, 0.717) is 11.1 Å². The summed E-state index contributed by atoms with van der Waals surface area (Å²) in [5.74, 6) is -2.74. The third kappa shape index (κ3) is 5.72. The number of halogens is 5. The molecule has 1 heterocycles. The maximum atomic E-state index is 14.4. The Kier molecular flexibility index (Phi) is 7.10. The van der Waals surface area contributed by atoms with Gasteiger partial charge in [-0.2, -0.15) is 0 Å². The fraction of sp³-hybridized carbons (Fsp3) is 0.259. The van der Waals surface area contributed by atoms with Gasteiger partial charge in [-0.05, 0) is 54.8 Å². The van der Waals surface area contributed by atoms with Crippen LogP contribution in [-0.4, -0.2) is 24.0 Å². The van der Waals surface area contributed by atoms with Crippen molar-refractivity contribution in [3.8, 4) is 16.9 Å². The minimum atomic E-state index is -4.77. The number of carbonyl (C=O) groups is 1. The lowest BCUT2D eigenvalue weighted by Crippen LogP contribution is -2.37. The molecule has 0 bridgehead atoms. The summed E-state index contributed by atoms with van der Waals surface area (Å²) in [4.78, 5) is 17.5. The largest absolute Gasteiger partial charge is 0.573 e. The molecule has 1 unspecified atom stereocenters. The summed E-state index contributed by atoms with van der Waals surface area (Å²) >= 11 is 0. The van der Waals surface area contributed by atoms with Crippen LogP contribution in [0.25, 0.3) is 11.1 Å². The summed E-state index contributed by atoms with van der Waals surface area (Å²) in [5, 5.41) is 2.85. The van der Waals surface area contributed by atoms with Gasteiger partial charge in [0.05, 0.1) is 17.5 Å². The average Bonchev–Trinajstić information content (AvgIpc) is 3.23. The van der Waals surface area contributed by atoms with Crippen LogP contribution in [0.15, 0.2) is 71.7 Å². The fourth-order valence-corrected chi connectivity index (χ4v) is 4.23. The van der Waals surface area contributed by atoms with Crippen molar-refractivity contribution in [1.29, 1.82) is 0 Å². The highest BCUT2D eigenvalue weighted by molar-refractivity contribution is 6.05. The van der Waals surface area contributed by atoms with Crippen LogP contribution in [0.1, 0.15) is 37.4 Å². The molecule has 9 heteroatoms. The van der Waals surface area contributed by atoms with E-state index in [4.69, 9.17) is 0 Å². The number of nitrogens with zero attached hydrogens (tertiary/aromatic N) is 1. The molecule has 0 radical (unpaired) electrons. The molecule has 3 aromatic carbocycles. The van der Waals surface area contributed by atoms with Crippen molar-refractivity contribution in [1.82, 2.24) is 5.32 Å². The summed E-state index contributed by atoms with van der Waals surface area (Å²) < 4.78 is 70.0. The Morgan fingerprint density at radius 1 is 0.944 bits per heavy atom. The summed E-state index contributed by atoms with van der Waals surface area (Å²) in [5.41, 5.74) is 2.01. The second-order valence-electron chi connectivity index (χ2n) is 8.79. The van der Waals surface area contributed by atoms with Gasteiger partial charge in [-0.1, -0.05) is 42.5 Å². The number of hydrogen-bond acceptors (Lipinski definition) is 3. The van der Waals surface area contributed by atoms with E-state index in [2.05, 4.69) is 15.0 Å². The molecule has 4 rings (SSSR count). The SMILES string of the molecule is CC(C)NC(=O)[C@H]1CC(c2c(F)cccc2F)=NC1c1ccc(-c2ccc(OC(F)(F)F)cc2)cc1. The van der Waals surface area contributed by atoms with E-state index < -0.39 is 30.0 Å². The van der Waals surface area contributed by atoms with Gasteiger partial charge in [0.2, 0.25) is 5.91 Å². The number of rotatable bonds is 6. The first kappa shape index (κ1) is 25.3. The van der Waals surface area contributed by atoms with Crippen LogP contribution >= 0.6 is 0 Å². The summed E-state index contributed by atoms with van der Waals surface area (Å²) in [6.45, 7) is 3.64. The third-order valence-corrected chi connectivity index (χ3v) is 5.78. The predicted octanol–water partition coefficient (Wildman–Crippen LogP) is 6.61. The molecule has 0 saturated heterocycles. The van der Waals surface area contributed by atoms with Gasteiger partial charge in [0, 0.05) is 18.2 Å². The molecular weight excluding hydrogens is 479 g/mol. The molecule has 4 nitrogen and oxygen atoms in total. The van der Waals surface area contributed by atoms with Crippen molar-refractivity contribution in [3.63, 3.8) is 0 Å². The fourth-order valence-electron chi connectivity index (χ4n) is 4.23. The van der Waals surface area contributed by atoms with E-state index in [1.807, 2.05) is 13.8 Å². The zero-order chi connectivity index (χ0) is 26.0. The van der Waals surface area contributed by atoms with Crippen LogP contribution in [0.4, 0.5) is 22.0 Å². The van der Waals surface area contributed by atoms with Gasteiger partial charge in [0.25, 0.3) is 0 Å². The van der Waals surface area contributed by atoms with E-state index in [0.717, 1.165) is 17.7 Å². The van der Waals surface area contributed by atoms with Gasteiger partial charge < -0.3 is 10.1 Å². The van der Waals surface area contributed by atoms with Gasteiger partial charge in [0.15, 0.2) is 0 Å². The van der Waals surface area contributed by atoms with Crippen LogP contribution < -0.4 is 10.1 Å². The highest BCUT2D eigenvalue weighted by Crippen LogP contribution is 2.38. The molecule has 0 spiro atoms. The highest BCUT2D eigenvalue weighted by Gasteiger charge is 2.38. The van der Waals surface area contributed by atoms with Crippen LogP contribution in [0.5, 0.6) is 5.75 Å². The Balaban J connectivity index is 1.63. The normalized spacial score (nSPS) is 17.7. The van der Waals surface area contributed by atoms with Gasteiger partial charge >= 0.3 is 6.36 Å². The Morgan fingerprint density at radius 3 is 2.03 bits per heavy atom. The van der Waals surface area contributed by atoms with E-state index >= 15 is 0 Å². The van der Waals surface area contributed by atoms with Crippen LogP contribution in [0, 0.1) is 17.6 Å². The van der Waals surface area contributed by atoms with Crippen molar-refractivity contribution < 1.29 is 31.5 Å². The Labute approximate surface area is 204 Å². The van der Waals surface area contributed by atoms with E-state index in [1.54, 1.807) is 24.3 Å². The molecule has 0 aliphatic carbocycles. The monoisotopic (exact) mass is 502 g/mol. The van der Waals surface area contributed by atoms with Crippen molar-refractivity contribution in [2.45, 2.75) is 38.7 Å². The number of alkyl halides is 3. The van der Waals surface area contributed by atoms with Crippen molar-refractivity contribution in [2.24, 2.45) is 10.9 Å². The topological polar surface area (TPSA) is 50.7 Å². The highest BCUT2D eigenvalue weighted by atomic mass is 19.4. The maximum Gasteiger partial charge on any atom is 0.573 e.